The number of benzene rings is 1. The summed E-state index contributed by atoms with van der Waals surface area (Å²) in [7, 11) is 1.73. The van der Waals surface area contributed by atoms with Crippen molar-refractivity contribution in [3.63, 3.8) is 0 Å². The number of para-hydroxylation sites is 1. The predicted molar refractivity (Wildman–Crippen MR) is 101 cm³/mol. The van der Waals surface area contributed by atoms with Crippen LogP contribution in [0.25, 0.3) is 10.9 Å². The molecule has 0 saturated carbocycles. The molecule has 1 aliphatic rings. The summed E-state index contributed by atoms with van der Waals surface area (Å²) in [6, 6.07) is 10.2. The molecule has 1 aliphatic heterocycles. The van der Waals surface area contributed by atoms with Crippen LogP contribution in [0.3, 0.4) is 0 Å². The number of fused-ring (bicyclic) bond motifs is 1. The first kappa shape index (κ1) is 17.7. The van der Waals surface area contributed by atoms with Crippen molar-refractivity contribution in [2.45, 2.75) is 39.3 Å². The Morgan fingerprint density at radius 2 is 1.96 bits per heavy atom. The quantitative estimate of drug-likeness (QED) is 0.862. The molecule has 0 unspecified atom stereocenters. The van der Waals surface area contributed by atoms with Crippen LogP contribution in [0, 0.1) is 0 Å². The summed E-state index contributed by atoms with van der Waals surface area (Å²) >= 11 is 0. The Balaban J connectivity index is 1.93. The van der Waals surface area contributed by atoms with Gasteiger partial charge in [0, 0.05) is 38.8 Å². The number of hydrogen-bond donors (Lipinski definition) is 0. The Kier molecular flexibility index (Phi) is 4.95. The van der Waals surface area contributed by atoms with Crippen LogP contribution in [-0.4, -0.2) is 52.0 Å². The van der Waals surface area contributed by atoms with E-state index in [4.69, 9.17) is 0 Å². The van der Waals surface area contributed by atoms with Gasteiger partial charge in [0.15, 0.2) is 0 Å². The Morgan fingerprint density at radius 3 is 2.64 bits per heavy atom. The molecule has 1 saturated heterocycles. The van der Waals surface area contributed by atoms with Crippen molar-refractivity contribution in [2.75, 3.05) is 19.6 Å². The fourth-order valence-electron chi connectivity index (χ4n) is 3.84. The summed E-state index contributed by atoms with van der Waals surface area (Å²) < 4.78 is 1.57. The number of hydrogen-bond acceptors (Lipinski definition) is 3. The van der Waals surface area contributed by atoms with Crippen LogP contribution in [0.2, 0.25) is 0 Å². The molecule has 25 heavy (non-hydrogen) atoms. The molecule has 2 aromatic rings. The van der Waals surface area contributed by atoms with Crippen molar-refractivity contribution in [3.8, 4) is 0 Å². The van der Waals surface area contributed by atoms with Gasteiger partial charge in [-0.05, 0) is 37.8 Å². The Hall–Kier alpha value is -2.14. The van der Waals surface area contributed by atoms with Gasteiger partial charge in [-0.25, -0.2) is 0 Å². The van der Waals surface area contributed by atoms with Gasteiger partial charge in [0.2, 0.25) is 0 Å². The van der Waals surface area contributed by atoms with Gasteiger partial charge in [0.1, 0.15) is 5.56 Å². The first-order valence-corrected chi connectivity index (χ1v) is 9.07. The van der Waals surface area contributed by atoms with E-state index in [2.05, 4.69) is 25.7 Å². The summed E-state index contributed by atoms with van der Waals surface area (Å²) in [5.41, 5.74) is 0.900. The van der Waals surface area contributed by atoms with Gasteiger partial charge in [-0.3, -0.25) is 14.5 Å². The Labute approximate surface area is 148 Å². The zero-order valence-corrected chi connectivity index (χ0v) is 15.5. The van der Waals surface area contributed by atoms with Crippen molar-refractivity contribution in [3.05, 3.63) is 46.2 Å². The third-order valence-electron chi connectivity index (χ3n) is 5.31. The second-order valence-corrected chi connectivity index (χ2v) is 7.13. The number of nitrogens with zero attached hydrogens (tertiary/aromatic N) is 3. The van der Waals surface area contributed by atoms with E-state index in [-0.39, 0.29) is 17.0 Å². The van der Waals surface area contributed by atoms with Crippen molar-refractivity contribution >= 4 is 16.8 Å². The molecule has 2 heterocycles. The molecule has 0 aliphatic carbocycles. The molecule has 1 aromatic carbocycles. The molecule has 1 atom stereocenters. The summed E-state index contributed by atoms with van der Waals surface area (Å²) in [6.07, 6.45) is 0.998. The molecule has 1 amide bonds. The van der Waals surface area contributed by atoms with E-state index in [9.17, 15) is 9.59 Å². The Morgan fingerprint density at radius 1 is 1.24 bits per heavy atom. The van der Waals surface area contributed by atoms with Gasteiger partial charge in [0.25, 0.3) is 11.5 Å². The highest BCUT2D eigenvalue weighted by molar-refractivity contribution is 5.97. The number of aromatic nitrogens is 1. The van der Waals surface area contributed by atoms with Crippen molar-refractivity contribution in [2.24, 2.45) is 7.05 Å². The molecular weight excluding hydrogens is 314 g/mol. The van der Waals surface area contributed by atoms with E-state index in [1.807, 2.05) is 29.2 Å². The lowest BCUT2D eigenvalue weighted by atomic mass is 10.1. The van der Waals surface area contributed by atoms with E-state index in [0.29, 0.717) is 25.2 Å². The standard InChI is InChI=1S/C20H27N3O2/c1-5-16-13-22(10-11-23(16)14(2)3)20(25)17-12-15-8-6-7-9-18(15)21(4)19(17)24/h6-9,12,14,16H,5,10-11,13H2,1-4H3/t16-/m1/s1. The minimum Gasteiger partial charge on any atom is -0.336 e. The molecule has 3 rings (SSSR count). The van der Waals surface area contributed by atoms with Gasteiger partial charge in [-0.15, -0.1) is 0 Å². The number of amides is 1. The van der Waals surface area contributed by atoms with Gasteiger partial charge >= 0.3 is 0 Å². The molecular formula is C20H27N3O2. The van der Waals surface area contributed by atoms with Crippen LogP contribution >= 0.6 is 0 Å². The first-order chi connectivity index (χ1) is 11.9. The molecule has 0 N–H and O–H groups in total. The zero-order chi connectivity index (χ0) is 18.1. The van der Waals surface area contributed by atoms with Crippen LogP contribution in [0.5, 0.6) is 0 Å². The third kappa shape index (κ3) is 3.21. The van der Waals surface area contributed by atoms with E-state index < -0.39 is 0 Å². The van der Waals surface area contributed by atoms with E-state index in [1.54, 1.807) is 17.7 Å². The number of carbonyl (C=O) groups is 1. The number of carbonyl (C=O) groups excluding carboxylic acids is 1. The SMILES string of the molecule is CC[C@@H]1CN(C(=O)c2cc3ccccc3n(C)c2=O)CCN1C(C)C. The maximum atomic E-state index is 13.0. The van der Waals surface area contributed by atoms with E-state index in [1.165, 1.54) is 0 Å². The molecule has 0 spiro atoms. The highest BCUT2D eigenvalue weighted by Crippen LogP contribution is 2.19. The number of pyridine rings is 1. The summed E-state index contributed by atoms with van der Waals surface area (Å²) in [4.78, 5) is 30.0. The van der Waals surface area contributed by atoms with Gasteiger partial charge in [-0.2, -0.15) is 0 Å². The van der Waals surface area contributed by atoms with Crippen molar-refractivity contribution in [1.82, 2.24) is 14.4 Å². The van der Waals surface area contributed by atoms with E-state index in [0.717, 1.165) is 23.9 Å². The number of piperazine rings is 1. The number of aryl methyl sites for hydroxylation is 1. The normalized spacial score (nSPS) is 18.9. The molecule has 0 radical (unpaired) electrons. The summed E-state index contributed by atoms with van der Waals surface area (Å²) in [6.45, 7) is 8.75. The third-order valence-corrected chi connectivity index (χ3v) is 5.31. The van der Waals surface area contributed by atoms with Crippen LogP contribution in [0.15, 0.2) is 35.1 Å². The smallest absolute Gasteiger partial charge is 0.263 e. The van der Waals surface area contributed by atoms with Crippen molar-refractivity contribution < 1.29 is 4.79 Å². The molecule has 5 heteroatoms. The fourth-order valence-corrected chi connectivity index (χ4v) is 3.84. The molecule has 1 fully saturated rings. The largest absolute Gasteiger partial charge is 0.336 e. The predicted octanol–water partition coefficient (Wildman–Crippen LogP) is 2.48. The average molecular weight is 341 g/mol. The van der Waals surface area contributed by atoms with Gasteiger partial charge in [-0.1, -0.05) is 25.1 Å². The fraction of sp³-hybridized carbons (Fsp3) is 0.500. The summed E-state index contributed by atoms with van der Waals surface area (Å²) in [5, 5.41) is 0.917. The lowest BCUT2D eigenvalue weighted by molar-refractivity contribution is 0.0370. The van der Waals surface area contributed by atoms with Crippen LogP contribution in [0.4, 0.5) is 0 Å². The highest BCUT2D eigenvalue weighted by atomic mass is 16.2. The van der Waals surface area contributed by atoms with Gasteiger partial charge in [0.05, 0.1) is 5.52 Å². The minimum atomic E-state index is -0.219. The average Bonchev–Trinajstić information content (AvgIpc) is 2.63. The maximum Gasteiger partial charge on any atom is 0.263 e. The molecule has 0 bridgehead atoms. The number of rotatable bonds is 3. The minimum absolute atomic E-state index is 0.145. The maximum absolute atomic E-state index is 13.0. The van der Waals surface area contributed by atoms with Crippen molar-refractivity contribution in [1.29, 1.82) is 0 Å². The molecule has 1 aromatic heterocycles. The zero-order valence-electron chi connectivity index (χ0n) is 15.5. The first-order valence-electron chi connectivity index (χ1n) is 9.07. The van der Waals surface area contributed by atoms with Crippen LogP contribution < -0.4 is 5.56 Å². The molecule has 5 nitrogen and oxygen atoms in total. The van der Waals surface area contributed by atoms with Gasteiger partial charge < -0.3 is 9.47 Å². The molecule has 134 valence electrons. The highest BCUT2D eigenvalue weighted by Gasteiger charge is 2.31. The lowest BCUT2D eigenvalue weighted by Gasteiger charge is -2.43. The summed E-state index contributed by atoms with van der Waals surface area (Å²) in [5.74, 6) is -0.145. The monoisotopic (exact) mass is 341 g/mol. The Bertz CT molecular complexity index is 840. The van der Waals surface area contributed by atoms with Crippen LogP contribution in [0.1, 0.15) is 37.6 Å². The van der Waals surface area contributed by atoms with E-state index >= 15 is 0 Å². The lowest BCUT2D eigenvalue weighted by Crippen LogP contribution is -2.57. The topological polar surface area (TPSA) is 45.6 Å². The second kappa shape index (κ2) is 7.00. The second-order valence-electron chi connectivity index (χ2n) is 7.13. The van der Waals surface area contributed by atoms with Crippen LogP contribution in [-0.2, 0) is 7.05 Å².